The molecular formula is C14H14N2O3S. The zero-order valence-corrected chi connectivity index (χ0v) is 11.4. The van der Waals surface area contributed by atoms with E-state index in [-0.39, 0.29) is 4.90 Å². The molecule has 2 aromatic carbocycles. The summed E-state index contributed by atoms with van der Waals surface area (Å²) in [6, 6.07) is 13.8. The molecule has 0 aliphatic heterocycles. The van der Waals surface area contributed by atoms with Gasteiger partial charge < -0.3 is 5.32 Å². The summed E-state index contributed by atoms with van der Waals surface area (Å²) in [5, 5.41) is 7.78. The largest absolute Gasteiger partial charge is 0.355 e. The highest BCUT2D eigenvalue weighted by Crippen LogP contribution is 2.26. The van der Waals surface area contributed by atoms with Gasteiger partial charge >= 0.3 is 0 Å². The molecule has 0 saturated carbocycles. The molecule has 0 saturated heterocycles. The summed E-state index contributed by atoms with van der Waals surface area (Å²) >= 11 is 0. The predicted octanol–water partition coefficient (Wildman–Crippen LogP) is 1.25. The number of hydrogen-bond donors (Lipinski definition) is 2. The first kappa shape index (κ1) is 14.2. The molecule has 0 radical (unpaired) electrons. The van der Waals surface area contributed by atoms with E-state index in [9.17, 15) is 13.2 Å². The van der Waals surface area contributed by atoms with Gasteiger partial charge in [-0.2, -0.15) is 0 Å². The Kier molecular flexibility index (Phi) is 4.16. The van der Waals surface area contributed by atoms with E-state index >= 15 is 0 Å². The van der Waals surface area contributed by atoms with Crippen LogP contribution in [0, 0.1) is 0 Å². The fourth-order valence-corrected chi connectivity index (χ4v) is 2.68. The molecule has 0 atom stereocenters. The van der Waals surface area contributed by atoms with Gasteiger partial charge in [-0.25, -0.2) is 13.6 Å². The summed E-state index contributed by atoms with van der Waals surface area (Å²) in [5.41, 5.74) is 2.24. The molecule has 1 amide bonds. The number of amides is 1. The van der Waals surface area contributed by atoms with E-state index in [0.29, 0.717) is 18.5 Å². The number of hydrogen-bond acceptors (Lipinski definition) is 3. The lowest BCUT2D eigenvalue weighted by atomic mass is 10.0. The van der Waals surface area contributed by atoms with E-state index < -0.39 is 10.0 Å². The summed E-state index contributed by atoms with van der Waals surface area (Å²) in [4.78, 5) is 10.3. The van der Waals surface area contributed by atoms with Crippen LogP contribution in [0.2, 0.25) is 0 Å². The van der Waals surface area contributed by atoms with Gasteiger partial charge in [0, 0.05) is 12.1 Å². The van der Waals surface area contributed by atoms with Crippen molar-refractivity contribution in [1.29, 1.82) is 0 Å². The number of benzene rings is 2. The average Bonchev–Trinajstić information content (AvgIpc) is 2.45. The number of nitrogens with one attached hydrogen (secondary N) is 1. The Bertz CT molecular complexity index is 709. The molecule has 0 aliphatic carbocycles. The lowest BCUT2D eigenvalue weighted by molar-refractivity contribution is -0.109. The van der Waals surface area contributed by atoms with Crippen LogP contribution >= 0.6 is 0 Å². The molecule has 0 aromatic heterocycles. The van der Waals surface area contributed by atoms with E-state index in [1.54, 1.807) is 30.3 Å². The summed E-state index contributed by atoms with van der Waals surface area (Å²) in [6.45, 7) is 0.431. The standard InChI is InChI=1S/C14H14N2O3S/c15-20(18,19)14-4-2-1-3-13(14)12-7-5-11(6-8-12)9-16-10-17/h1-8,10H,9H2,(H,16,17)(H2,15,18,19). The topological polar surface area (TPSA) is 89.3 Å². The third-order valence-electron chi connectivity index (χ3n) is 2.85. The number of rotatable bonds is 5. The van der Waals surface area contributed by atoms with Gasteiger partial charge in [0.1, 0.15) is 0 Å². The zero-order valence-electron chi connectivity index (χ0n) is 10.6. The van der Waals surface area contributed by atoms with Crippen molar-refractivity contribution in [3.05, 3.63) is 54.1 Å². The van der Waals surface area contributed by atoms with Crippen molar-refractivity contribution in [1.82, 2.24) is 5.32 Å². The lowest BCUT2D eigenvalue weighted by Crippen LogP contribution is -2.13. The monoisotopic (exact) mass is 290 g/mol. The molecule has 0 aliphatic rings. The number of carbonyl (C=O) groups excluding carboxylic acids is 1. The zero-order chi connectivity index (χ0) is 14.6. The van der Waals surface area contributed by atoms with Crippen molar-refractivity contribution < 1.29 is 13.2 Å². The quantitative estimate of drug-likeness (QED) is 0.812. The van der Waals surface area contributed by atoms with E-state index in [1.165, 1.54) is 6.07 Å². The van der Waals surface area contributed by atoms with Gasteiger partial charge in [0.2, 0.25) is 16.4 Å². The molecular weight excluding hydrogens is 276 g/mol. The van der Waals surface area contributed by atoms with E-state index in [0.717, 1.165) is 11.1 Å². The third kappa shape index (κ3) is 3.23. The first-order valence-corrected chi connectivity index (χ1v) is 7.45. The summed E-state index contributed by atoms with van der Waals surface area (Å²) in [7, 11) is -3.76. The SMILES string of the molecule is NS(=O)(=O)c1ccccc1-c1ccc(CNC=O)cc1. The van der Waals surface area contributed by atoms with Crippen LogP contribution in [0.15, 0.2) is 53.4 Å². The van der Waals surface area contributed by atoms with Crippen LogP contribution in [0.3, 0.4) is 0 Å². The fourth-order valence-electron chi connectivity index (χ4n) is 1.91. The third-order valence-corrected chi connectivity index (χ3v) is 3.82. The van der Waals surface area contributed by atoms with Crippen molar-refractivity contribution in [3.63, 3.8) is 0 Å². The van der Waals surface area contributed by atoms with Crippen LogP contribution < -0.4 is 10.5 Å². The number of nitrogens with two attached hydrogens (primary N) is 1. The van der Waals surface area contributed by atoms with Gasteiger partial charge in [-0.1, -0.05) is 42.5 Å². The van der Waals surface area contributed by atoms with Gasteiger partial charge in [0.25, 0.3) is 0 Å². The maximum Gasteiger partial charge on any atom is 0.238 e. The molecule has 2 aromatic rings. The van der Waals surface area contributed by atoms with E-state index in [4.69, 9.17) is 5.14 Å². The first-order valence-electron chi connectivity index (χ1n) is 5.90. The van der Waals surface area contributed by atoms with Crippen molar-refractivity contribution >= 4 is 16.4 Å². The maximum absolute atomic E-state index is 11.6. The Morgan fingerprint density at radius 1 is 1.05 bits per heavy atom. The molecule has 0 fully saturated rings. The van der Waals surface area contributed by atoms with Crippen molar-refractivity contribution in [2.75, 3.05) is 0 Å². The molecule has 2 rings (SSSR count). The Balaban J connectivity index is 2.40. The minimum absolute atomic E-state index is 0.0961. The predicted molar refractivity (Wildman–Crippen MR) is 76.2 cm³/mol. The Morgan fingerprint density at radius 3 is 2.30 bits per heavy atom. The molecule has 5 nitrogen and oxygen atoms in total. The molecule has 3 N–H and O–H groups in total. The molecule has 0 unspecified atom stereocenters. The maximum atomic E-state index is 11.6. The number of carbonyl (C=O) groups is 1. The Morgan fingerprint density at radius 2 is 1.70 bits per heavy atom. The molecule has 0 bridgehead atoms. The Hall–Kier alpha value is -2.18. The summed E-state index contributed by atoms with van der Waals surface area (Å²) in [6.07, 6.45) is 0.629. The van der Waals surface area contributed by atoms with Crippen molar-refractivity contribution in [3.8, 4) is 11.1 Å². The van der Waals surface area contributed by atoms with Gasteiger partial charge in [0.15, 0.2) is 0 Å². The van der Waals surface area contributed by atoms with Crippen LogP contribution in [0.5, 0.6) is 0 Å². The minimum atomic E-state index is -3.76. The second kappa shape index (κ2) is 5.85. The smallest absolute Gasteiger partial charge is 0.238 e. The second-order valence-electron chi connectivity index (χ2n) is 4.24. The van der Waals surface area contributed by atoms with Crippen molar-refractivity contribution in [2.24, 2.45) is 5.14 Å². The van der Waals surface area contributed by atoms with Gasteiger partial charge in [-0.15, -0.1) is 0 Å². The summed E-state index contributed by atoms with van der Waals surface area (Å²) < 4.78 is 23.1. The highest BCUT2D eigenvalue weighted by atomic mass is 32.2. The van der Waals surface area contributed by atoms with Crippen molar-refractivity contribution in [2.45, 2.75) is 11.4 Å². The molecule has 0 heterocycles. The Labute approximate surface area is 117 Å². The molecule has 0 spiro atoms. The highest BCUT2D eigenvalue weighted by Gasteiger charge is 2.14. The number of primary sulfonamides is 1. The molecule has 6 heteroatoms. The van der Waals surface area contributed by atoms with Crippen LogP contribution in [0.4, 0.5) is 0 Å². The van der Waals surface area contributed by atoms with Gasteiger partial charge in [0.05, 0.1) is 4.90 Å². The molecule has 104 valence electrons. The van der Waals surface area contributed by atoms with E-state index in [2.05, 4.69) is 5.32 Å². The minimum Gasteiger partial charge on any atom is -0.355 e. The molecule has 20 heavy (non-hydrogen) atoms. The summed E-state index contributed by atoms with van der Waals surface area (Å²) in [5.74, 6) is 0. The van der Waals surface area contributed by atoms with E-state index in [1.807, 2.05) is 12.1 Å². The fraction of sp³-hybridized carbons (Fsp3) is 0.0714. The lowest BCUT2D eigenvalue weighted by Gasteiger charge is -2.08. The van der Waals surface area contributed by atoms with Crippen LogP contribution in [0.1, 0.15) is 5.56 Å². The number of sulfonamides is 1. The average molecular weight is 290 g/mol. The second-order valence-corrected chi connectivity index (χ2v) is 5.77. The van der Waals surface area contributed by atoms with Crippen LogP contribution in [0.25, 0.3) is 11.1 Å². The first-order chi connectivity index (χ1) is 9.52. The normalized spacial score (nSPS) is 11.1. The van der Waals surface area contributed by atoms with Crippen LogP contribution in [-0.4, -0.2) is 14.8 Å². The highest BCUT2D eigenvalue weighted by molar-refractivity contribution is 7.89. The van der Waals surface area contributed by atoms with Gasteiger partial charge in [-0.05, 0) is 17.2 Å². The van der Waals surface area contributed by atoms with Crippen LogP contribution in [-0.2, 0) is 21.4 Å². The van der Waals surface area contributed by atoms with Gasteiger partial charge in [-0.3, -0.25) is 4.79 Å².